The molecule has 0 bridgehead atoms. The van der Waals surface area contributed by atoms with Crippen LogP contribution >= 0.6 is 0 Å². The maximum Gasteiger partial charge on any atom is 0.239 e. The molecular weight excluding hydrogens is 296 g/mol. The van der Waals surface area contributed by atoms with Crippen molar-refractivity contribution in [3.05, 3.63) is 18.2 Å². The zero-order valence-corrected chi connectivity index (χ0v) is 14.7. The normalized spacial score (nSPS) is 10.9. The number of nitrogens with one attached hydrogen (secondary N) is 1. The molecule has 1 rings (SSSR count). The summed E-state index contributed by atoms with van der Waals surface area (Å²) < 4.78 is 10.4. The van der Waals surface area contributed by atoms with Crippen LogP contribution in [0.4, 0.5) is 5.69 Å². The quantitative estimate of drug-likeness (QED) is 0.783. The first-order valence-corrected chi connectivity index (χ1v) is 7.64. The first-order chi connectivity index (χ1) is 10.8. The van der Waals surface area contributed by atoms with Crippen LogP contribution in [-0.2, 0) is 9.59 Å². The van der Waals surface area contributed by atoms with Crippen LogP contribution < -0.4 is 14.8 Å². The van der Waals surface area contributed by atoms with Crippen molar-refractivity contribution in [2.45, 2.75) is 27.7 Å². The highest BCUT2D eigenvalue weighted by atomic mass is 16.5. The van der Waals surface area contributed by atoms with E-state index in [4.69, 9.17) is 9.47 Å². The number of carbonyl (C=O) groups excluding carboxylic acids is 2. The van der Waals surface area contributed by atoms with Gasteiger partial charge < -0.3 is 19.7 Å². The van der Waals surface area contributed by atoms with Gasteiger partial charge in [-0.1, -0.05) is 0 Å². The van der Waals surface area contributed by atoms with E-state index >= 15 is 0 Å². The van der Waals surface area contributed by atoms with E-state index in [0.29, 0.717) is 30.3 Å². The first-order valence-electron chi connectivity index (χ1n) is 7.64. The van der Waals surface area contributed by atoms with E-state index in [1.807, 2.05) is 13.8 Å². The predicted molar refractivity (Wildman–Crippen MR) is 89.9 cm³/mol. The Balaban J connectivity index is 2.96. The number of nitrogens with zero attached hydrogens (tertiary/aromatic N) is 1. The monoisotopic (exact) mass is 322 g/mol. The highest BCUT2D eigenvalue weighted by molar-refractivity contribution is 6.09. The van der Waals surface area contributed by atoms with Crippen LogP contribution in [0.25, 0.3) is 0 Å². The fourth-order valence-corrected chi connectivity index (χ4v) is 2.20. The van der Waals surface area contributed by atoms with Crippen molar-refractivity contribution < 1.29 is 19.1 Å². The molecule has 0 saturated heterocycles. The van der Waals surface area contributed by atoms with Gasteiger partial charge in [0.1, 0.15) is 5.41 Å². The number of ether oxygens (including phenoxy) is 2. The smallest absolute Gasteiger partial charge is 0.239 e. The van der Waals surface area contributed by atoms with E-state index in [0.717, 1.165) is 0 Å². The third-order valence-corrected chi connectivity index (χ3v) is 3.79. The van der Waals surface area contributed by atoms with Crippen LogP contribution in [0.5, 0.6) is 11.5 Å². The molecule has 128 valence electrons. The lowest BCUT2D eigenvalue weighted by Crippen LogP contribution is -2.47. The van der Waals surface area contributed by atoms with E-state index in [1.165, 1.54) is 7.11 Å². The number of benzene rings is 1. The molecule has 6 nitrogen and oxygen atoms in total. The zero-order chi connectivity index (χ0) is 17.6. The lowest BCUT2D eigenvalue weighted by atomic mass is 9.90. The van der Waals surface area contributed by atoms with Crippen LogP contribution in [0.1, 0.15) is 27.7 Å². The Morgan fingerprint density at radius 1 is 1.09 bits per heavy atom. The summed E-state index contributed by atoms with van der Waals surface area (Å²) in [5.74, 6) is 0.532. The number of carbonyl (C=O) groups is 2. The minimum atomic E-state index is -1.15. The first kappa shape index (κ1) is 18.8. The van der Waals surface area contributed by atoms with Gasteiger partial charge in [0.25, 0.3) is 0 Å². The van der Waals surface area contributed by atoms with Gasteiger partial charge >= 0.3 is 0 Å². The van der Waals surface area contributed by atoms with Crippen molar-refractivity contribution in [3.63, 3.8) is 0 Å². The molecule has 0 heterocycles. The minimum Gasteiger partial charge on any atom is -0.493 e. The molecule has 1 N–H and O–H groups in total. The Hall–Kier alpha value is -2.24. The fourth-order valence-electron chi connectivity index (χ4n) is 2.20. The van der Waals surface area contributed by atoms with Gasteiger partial charge in [-0.25, -0.2) is 0 Å². The van der Waals surface area contributed by atoms with E-state index in [9.17, 15) is 9.59 Å². The number of anilines is 1. The van der Waals surface area contributed by atoms with Crippen molar-refractivity contribution in [2.24, 2.45) is 5.41 Å². The summed E-state index contributed by atoms with van der Waals surface area (Å²) >= 11 is 0. The second-order valence-corrected chi connectivity index (χ2v) is 5.63. The highest BCUT2D eigenvalue weighted by Gasteiger charge is 2.38. The molecular formula is C17H26N2O4. The van der Waals surface area contributed by atoms with Gasteiger partial charge in [0.2, 0.25) is 11.8 Å². The van der Waals surface area contributed by atoms with Crippen LogP contribution in [-0.4, -0.2) is 44.0 Å². The number of hydrogen-bond donors (Lipinski definition) is 1. The second-order valence-electron chi connectivity index (χ2n) is 5.63. The Labute approximate surface area is 137 Å². The van der Waals surface area contributed by atoms with Crippen LogP contribution in [0, 0.1) is 5.41 Å². The number of hydrogen-bond acceptors (Lipinski definition) is 4. The van der Waals surface area contributed by atoms with Gasteiger partial charge in [-0.15, -0.1) is 0 Å². The molecule has 0 saturated carbocycles. The fraction of sp³-hybridized carbons (Fsp3) is 0.529. The topological polar surface area (TPSA) is 67.9 Å². The summed E-state index contributed by atoms with van der Waals surface area (Å²) in [5.41, 5.74) is -0.604. The standard InChI is InChI=1S/C17H26N2O4/c1-7-19(8-2)16(21)17(3,4)15(20)18-12-9-10-13(22-5)14(11-12)23-6/h9-11H,7-8H2,1-6H3,(H,18,20). The number of amides is 2. The highest BCUT2D eigenvalue weighted by Crippen LogP contribution is 2.30. The molecule has 0 aromatic heterocycles. The molecule has 6 heteroatoms. The Bertz CT molecular complexity index is 566. The average molecular weight is 322 g/mol. The molecule has 23 heavy (non-hydrogen) atoms. The molecule has 0 radical (unpaired) electrons. The lowest BCUT2D eigenvalue weighted by Gasteiger charge is -2.29. The molecule has 2 amide bonds. The SMILES string of the molecule is CCN(CC)C(=O)C(C)(C)C(=O)Nc1ccc(OC)c(OC)c1. The van der Waals surface area contributed by atoms with E-state index in [1.54, 1.807) is 44.1 Å². The molecule has 0 unspecified atom stereocenters. The van der Waals surface area contributed by atoms with Crippen LogP contribution in [0.2, 0.25) is 0 Å². The molecule has 0 spiro atoms. The third-order valence-electron chi connectivity index (χ3n) is 3.79. The average Bonchev–Trinajstić information content (AvgIpc) is 2.55. The van der Waals surface area contributed by atoms with Gasteiger partial charge in [0, 0.05) is 24.8 Å². The third kappa shape index (κ3) is 4.15. The van der Waals surface area contributed by atoms with Gasteiger partial charge in [-0.05, 0) is 39.8 Å². The van der Waals surface area contributed by atoms with Crippen LogP contribution in [0.3, 0.4) is 0 Å². The van der Waals surface area contributed by atoms with Gasteiger partial charge in [0.05, 0.1) is 14.2 Å². The molecule has 1 aromatic rings. The van der Waals surface area contributed by atoms with E-state index in [-0.39, 0.29) is 11.8 Å². The minimum absolute atomic E-state index is 0.194. The Kier molecular flexibility index (Phi) is 6.42. The number of rotatable bonds is 7. The second kappa shape index (κ2) is 7.85. The zero-order valence-electron chi connectivity index (χ0n) is 14.7. The molecule has 0 aliphatic rings. The predicted octanol–water partition coefficient (Wildman–Crippen LogP) is 2.54. The van der Waals surface area contributed by atoms with Crippen molar-refractivity contribution in [2.75, 3.05) is 32.6 Å². The summed E-state index contributed by atoms with van der Waals surface area (Å²) in [6, 6.07) is 5.07. The maximum absolute atomic E-state index is 12.5. The van der Waals surface area contributed by atoms with Crippen molar-refractivity contribution >= 4 is 17.5 Å². The van der Waals surface area contributed by atoms with Gasteiger partial charge in [-0.2, -0.15) is 0 Å². The molecule has 0 aliphatic heterocycles. The molecule has 0 atom stereocenters. The molecule has 0 fully saturated rings. The van der Waals surface area contributed by atoms with E-state index < -0.39 is 5.41 Å². The molecule has 1 aromatic carbocycles. The summed E-state index contributed by atoms with van der Waals surface area (Å²) in [5, 5.41) is 2.77. The molecule has 0 aliphatic carbocycles. The van der Waals surface area contributed by atoms with E-state index in [2.05, 4.69) is 5.32 Å². The summed E-state index contributed by atoms with van der Waals surface area (Å²) in [6.45, 7) is 8.19. The van der Waals surface area contributed by atoms with Crippen molar-refractivity contribution in [1.29, 1.82) is 0 Å². The Morgan fingerprint density at radius 3 is 2.13 bits per heavy atom. The van der Waals surface area contributed by atoms with Crippen LogP contribution in [0.15, 0.2) is 18.2 Å². The van der Waals surface area contributed by atoms with Gasteiger partial charge in [0.15, 0.2) is 11.5 Å². The van der Waals surface area contributed by atoms with Crippen molar-refractivity contribution in [1.82, 2.24) is 4.90 Å². The summed E-state index contributed by atoms with van der Waals surface area (Å²) in [7, 11) is 3.07. The van der Waals surface area contributed by atoms with Crippen molar-refractivity contribution in [3.8, 4) is 11.5 Å². The largest absolute Gasteiger partial charge is 0.493 e. The number of methoxy groups -OCH3 is 2. The summed E-state index contributed by atoms with van der Waals surface area (Å²) in [6.07, 6.45) is 0. The lowest BCUT2D eigenvalue weighted by molar-refractivity contribution is -0.146. The summed E-state index contributed by atoms with van der Waals surface area (Å²) in [4.78, 5) is 26.7. The maximum atomic E-state index is 12.5. The Morgan fingerprint density at radius 2 is 1.65 bits per heavy atom. The van der Waals surface area contributed by atoms with Gasteiger partial charge in [-0.3, -0.25) is 9.59 Å².